The summed E-state index contributed by atoms with van der Waals surface area (Å²) in [6.07, 6.45) is 1.54. The van der Waals surface area contributed by atoms with Gasteiger partial charge < -0.3 is 9.84 Å². The van der Waals surface area contributed by atoms with Crippen molar-refractivity contribution in [2.75, 3.05) is 6.54 Å². The van der Waals surface area contributed by atoms with Crippen molar-refractivity contribution < 1.29 is 19.4 Å². The van der Waals surface area contributed by atoms with E-state index in [0.29, 0.717) is 5.02 Å². The second-order valence-corrected chi connectivity index (χ2v) is 6.52. The molecule has 2 aromatic rings. The Hall–Kier alpha value is -2.79. The monoisotopic (exact) mass is 371 g/mol. The van der Waals surface area contributed by atoms with Crippen molar-refractivity contribution in [3.8, 4) is 0 Å². The number of halogens is 1. The first-order valence-corrected chi connectivity index (χ1v) is 8.56. The van der Waals surface area contributed by atoms with Crippen molar-refractivity contribution in [2.24, 2.45) is 0 Å². The van der Waals surface area contributed by atoms with Crippen LogP contribution in [-0.2, 0) is 16.1 Å². The van der Waals surface area contributed by atoms with Crippen LogP contribution in [-0.4, -0.2) is 34.7 Å². The topological polar surface area (TPSA) is 66.8 Å². The molecule has 0 spiro atoms. The van der Waals surface area contributed by atoms with Crippen molar-refractivity contribution in [1.29, 1.82) is 0 Å². The Kier molecular flexibility index (Phi) is 5.58. The molecule has 0 bridgehead atoms. The molecule has 1 aliphatic heterocycles. The number of carboxylic acid groups (broad SMARTS) is 1. The molecule has 1 amide bonds. The van der Waals surface area contributed by atoms with Crippen molar-refractivity contribution in [3.63, 3.8) is 0 Å². The average Bonchev–Trinajstić information content (AvgIpc) is 3.07. The second kappa shape index (κ2) is 8.06. The molecule has 0 unspecified atom stereocenters. The maximum Gasteiger partial charge on any atom is 0.411 e. The maximum atomic E-state index is 12.4. The highest BCUT2D eigenvalue weighted by molar-refractivity contribution is 6.30. The average molecular weight is 372 g/mol. The van der Waals surface area contributed by atoms with Crippen LogP contribution in [0.25, 0.3) is 6.08 Å². The number of hydrogen-bond donors (Lipinski definition) is 1. The van der Waals surface area contributed by atoms with E-state index in [0.717, 1.165) is 16.7 Å². The summed E-state index contributed by atoms with van der Waals surface area (Å²) in [7, 11) is 0. The molecule has 5 nitrogen and oxygen atoms in total. The normalized spacial score (nSPS) is 18.1. The van der Waals surface area contributed by atoms with Crippen molar-refractivity contribution in [2.45, 2.75) is 19.1 Å². The number of rotatable bonds is 4. The lowest BCUT2D eigenvalue weighted by atomic mass is 10.1. The molecule has 6 heteroatoms. The summed E-state index contributed by atoms with van der Waals surface area (Å²) in [5.41, 5.74) is 2.62. The fraction of sp³-hybridized carbons (Fsp3) is 0.200. The van der Waals surface area contributed by atoms with Gasteiger partial charge in [0.15, 0.2) is 0 Å². The molecule has 3 rings (SSSR count). The van der Waals surface area contributed by atoms with Gasteiger partial charge in [-0.25, -0.2) is 9.59 Å². The smallest absolute Gasteiger partial charge is 0.411 e. The quantitative estimate of drug-likeness (QED) is 0.873. The molecule has 134 valence electrons. The van der Waals surface area contributed by atoms with E-state index in [2.05, 4.69) is 0 Å². The lowest BCUT2D eigenvalue weighted by Crippen LogP contribution is -2.40. The third-order valence-electron chi connectivity index (χ3n) is 4.17. The number of benzene rings is 2. The van der Waals surface area contributed by atoms with Gasteiger partial charge in [0.2, 0.25) is 0 Å². The van der Waals surface area contributed by atoms with Crippen LogP contribution in [0.2, 0.25) is 5.02 Å². The zero-order valence-corrected chi connectivity index (χ0v) is 14.7. The maximum absolute atomic E-state index is 12.4. The van der Waals surface area contributed by atoms with Gasteiger partial charge in [0.05, 0.1) is 0 Å². The minimum Gasteiger partial charge on any atom is -0.480 e. The molecular weight excluding hydrogens is 354 g/mol. The number of nitrogens with zero attached hydrogens (tertiary/aromatic N) is 1. The highest BCUT2D eigenvalue weighted by atomic mass is 35.5. The first-order chi connectivity index (χ1) is 12.5. The summed E-state index contributed by atoms with van der Waals surface area (Å²) in [5, 5.41) is 10.1. The van der Waals surface area contributed by atoms with Crippen LogP contribution in [0.4, 0.5) is 4.79 Å². The predicted molar refractivity (Wildman–Crippen MR) is 98.8 cm³/mol. The van der Waals surface area contributed by atoms with E-state index in [1.165, 1.54) is 4.90 Å². The largest absolute Gasteiger partial charge is 0.480 e. The lowest BCUT2D eigenvalue weighted by Gasteiger charge is -2.20. The first kappa shape index (κ1) is 18.0. The third kappa shape index (κ3) is 4.43. The van der Waals surface area contributed by atoms with Crippen LogP contribution in [0.3, 0.4) is 0 Å². The number of carboxylic acids is 1. The van der Waals surface area contributed by atoms with Gasteiger partial charge in [0.1, 0.15) is 12.6 Å². The van der Waals surface area contributed by atoms with Crippen molar-refractivity contribution in [3.05, 3.63) is 76.3 Å². The van der Waals surface area contributed by atoms with Gasteiger partial charge in [0, 0.05) is 18.0 Å². The number of carbonyl (C=O) groups excluding carboxylic acids is 1. The molecule has 1 fully saturated rings. The summed E-state index contributed by atoms with van der Waals surface area (Å²) in [6.45, 7) is 0.339. The number of likely N-dealkylation sites (tertiary alicyclic amines) is 1. The lowest BCUT2D eigenvalue weighted by molar-refractivity contribution is -0.141. The Morgan fingerprint density at radius 3 is 2.50 bits per heavy atom. The Bertz CT molecular complexity index is 817. The van der Waals surface area contributed by atoms with Gasteiger partial charge in [-0.05, 0) is 28.8 Å². The van der Waals surface area contributed by atoms with Gasteiger partial charge >= 0.3 is 12.1 Å². The van der Waals surface area contributed by atoms with Crippen molar-refractivity contribution >= 4 is 29.7 Å². The highest BCUT2D eigenvalue weighted by Crippen LogP contribution is 2.26. The van der Waals surface area contributed by atoms with Gasteiger partial charge in [-0.2, -0.15) is 0 Å². The predicted octanol–water partition coefficient (Wildman–Crippen LogP) is 4.22. The Morgan fingerprint density at radius 1 is 1.15 bits per heavy atom. The van der Waals surface area contributed by atoms with Crippen LogP contribution >= 0.6 is 11.6 Å². The first-order valence-electron chi connectivity index (χ1n) is 8.18. The molecule has 0 saturated carbocycles. The molecule has 0 radical (unpaired) electrons. The van der Waals surface area contributed by atoms with Crippen LogP contribution in [0.5, 0.6) is 0 Å². The Morgan fingerprint density at radius 2 is 1.85 bits per heavy atom. The van der Waals surface area contributed by atoms with Crippen LogP contribution in [0.15, 0.2) is 60.2 Å². The van der Waals surface area contributed by atoms with Crippen molar-refractivity contribution in [1.82, 2.24) is 4.90 Å². The van der Waals surface area contributed by atoms with Gasteiger partial charge in [-0.15, -0.1) is 0 Å². The minimum atomic E-state index is -1.04. The number of hydrogen-bond acceptors (Lipinski definition) is 3. The van der Waals surface area contributed by atoms with Crippen LogP contribution in [0.1, 0.15) is 17.5 Å². The number of ether oxygens (including phenoxy) is 1. The molecule has 1 heterocycles. The molecular formula is C20H18ClNO4. The summed E-state index contributed by atoms with van der Waals surface area (Å²) < 4.78 is 5.29. The Balaban J connectivity index is 1.69. The van der Waals surface area contributed by atoms with Crippen LogP contribution in [0, 0.1) is 0 Å². The zero-order valence-electron chi connectivity index (χ0n) is 14.0. The Labute approximate surface area is 156 Å². The summed E-state index contributed by atoms with van der Waals surface area (Å²) in [4.78, 5) is 25.2. The molecule has 1 atom stereocenters. The van der Waals surface area contributed by atoms with E-state index >= 15 is 0 Å². The molecule has 1 aliphatic rings. The fourth-order valence-electron chi connectivity index (χ4n) is 2.87. The molecule has 0 aliphatic carbocycles. The summed E-state index contributed by atoms with van der Waals surface area (Å²) >= 11 is 5.88. The van der Waals surface area contributed by atoms with E-state index in [1.807, 2.05) is 48.5 Å². The fourth-order valence-corrected chi connectivity index (χ4v) is 2.99. The van der Waals surface area contributed by atoms with E-state index in [-0.39, 0.29) is 19.6 Å². The zero-order chi connectivity index (χ0) is 18.5. The molecule has 2 aromatic carbocycles. The number of aliphatic carboxylic acids is 1. The van der Waals surface area contributed by atoms with E-state index in [1.54, 1.807) is 12.1 Å². The van der Waals surface area contributed by atoms with E-state index in [9.17, 15) is 14.7 Å². The second-order valence-electron chi connectivity index (χ2n) is 6.08. The molecule has 1 saturated heterocycles. The summed E-state index contributed by atoms with van der Waals surface area (Å²) in [5.74, 6) is -1.04. The van der Waals surface area contributed by atoms with E-state index in [4.69, 9.17) is 16.3 Å². The minimum absolute atomic E-state index is 0.110. The SMILES string of the molecule is O=C(O)[C@@H]1CC(=Cc2ccc(Cl)cc2)CN1C(=O)OCc1ccccc1. The third-order valence-corrected chi connectivity index (χ3v) is 4.42. The van der Waals surface area contributed by atoms with Crippen LogP contribution < -0.4 is 0 Å². The molecule has 0 aromatic heterocycles. The van der Waals surface area contributed by atoms with Gasteiger partial charge in [0.25, 0.3) is 0 Å². The number of amides is 1. The highest BCUT2D eigenvalue weighted by Gasteiger charge is 2.37. The number of carbonyl (C=O) groups is 2. The molecule has 1 N–H and O–H groups in total. The van der Waals surface area contributed by atoms with Gasteiger partial charge in [-0.3, -0.25) is 4.90 Å². The van der Waals surface area contributed by atoms with E-state index < -0.39 is 18.1 Å². The standard InChI is InChI=1S/C20H18ClNO4/c21-17-8-6-14(7-9-17)10-16-11-18(19(23)24)22(12-16)20(25)26-13-15-4-2-1-3-5-15/h1-10,18H,11-13H2,(H,23,24)/t18-/m0/s1. The molecule has 26 heavy (non-hydrogen) atoms. The summed E-state index contributed by atoms with van der Waals surface area (Å²) in [6, 6.07) is 15.6. The van der Waals surface area contributed by atoms with Gasteiger partial charge in [-0.1, -0.05) is 60.1 Å².